The Labute approximate surface area is 126 Å². The summed E-state index contributed by atoms with van der Waals surface area (Å²) in [5.74, 6) is 0.145. The van der Waals surface area contributed by atoms with Crippen molar-refractivity contribution in [3.8, 4) is 0 Å². The predicted octanol–water partition coefficient (Wildman–Crippen LogP) is 5.49. The number of thiophene rings is 2. The van der Waals surface area contributed by atoms with Crippen LogP contribution in [-0.4, -0.2) is 5.78 Å². The summed E-state index contributed by atoms with van der Waals surface area (Å²) in [6.07, 6.45) is 0. The number of carbonyl (C=O) groups is 1. The molecule has 1 aromatic carbocycles. The van der Waals surface area contributed by atoms with Crippen LogP contribution in [0.15, 0.2) is 42.5 Å². The Morgan fingerprint density at radius 2 is 1.70 bits per heavy atom. The Hall–Kier alpha value is -1.45. The third kappa shape index (κ3) is 2.43. The fourth-order valence-corrected chi connectivity index (χ4v) is 4.18. The minimum Gasteiger partial charge on any atom is -0.287 e. The largest absolute Gasteiger partial charge is 0.287 e. The molecule has 0 aliphatic carbocycles. The molecule has 3 rings (SSSR count). The molecule has 3 heteroatoms. The highest BCUT2D eigenvalue weighted by atomic mass is 32.1. The summed E-state index contributed by atoms with van der Waals surface area (Å²) < 4.78 is 1.17. The van der Waals surface area contributed by atoms with Gasteiger partial charge in [0.15, 0.2) is 0 Å². The number of hydrogen-bond donors (Lipinski definition) is 0. The van der Waals surface area contributed by atoms with Crippen molar-refractivity contribution in [1.82, 2.24) is 0 Å². The molecule has 2 aromatic heterocycles. The summed E-state index contributed by atoms with van der Waals surface area (Å²) in [4.78, 5) is 15.5. The van der Waals surface area contributed by atoms with E-state index in [1.54, 1.807) is 22.7 Å². The zero-order valence-electron chi connectivity index (χ0n) is 11.8. The molecule has 0 bridgehead atoms. The lowest BCUT2D eigenvalue weighted by atomic mass is 9.95. The molecule has 1 nitrogen and oxygen atoms in total. The Morgan fingerprint density at radius 3 is 2.35 bits per heavy atom. The number of rotatable bonds is 2. The second-order valence-corrected chi connectivity index (χ2v) is 8.06. The van der Waals surface area contributed by atoms with Crippen LogP contribution < -0.4 is 0 Å². The van der Waals surface area contributed by atoms with Crippen molar-refractivity contribution in [1.29, 1.82) is 0 Å². The molecule has 0 saturated carbocycles. The van der Waals surface area contributed by atoms with Crippen LogP contribution in [0.2, 0.25) is 0 Å². The van der Waals surface area contributed by atoms with Crippen LogP contribution in [0.3, 0.4) is 0 Å². The molecule has 2 heterocycles. The summed E-state index contributed by atoms with van der Waals surface area (Å²) in [6.45, 7) is 6.52. The monoisotopic (exact) mass is 300 g/mol. The van der Waals surface area contributed by atoms with E-state index in [4.69, 9.17) is 0 Å². The van der Waals surface area contributed by atoms with Gasteiger partial charge in [0.05, 0.1) is 9.75 Å². The van der Waals surface area contributed by atoms with Crippen molar-refractivity contribution in [3.05, 3.63) is 57.1 Å². The van der Waals surface area contributed by atoms with Crippen LogP contribution in [0.4, 0.5) is 0 Å². The summed E-state index contributed by atoms with van der Waals surface area (Å²) in [5, 5.41) is 1.15. The van der Waals surface area contributed by atoms with E-state index in [-0.39, 0.29) is 11.2 Å². The average molecular weight is 300 g/mol. The molecule has 0 N–H and O–H groups in total. The Morgan fingerprint density at radius 1 is 0.950 bits per heavy atom. The predicted molar refractivity (Wildman–Crippen MR) is 88.3 cm³/mol. The van der Waals surface area contributed by atoms with Gasteiger partial charge in [0.1, 0.15) is 0 Å². The first-order valence-corrected chi connectivity index (χ1v) is 8.22. The van der Waals surface area contributed by atoms with Gasteiger partial charge in [-0.25, -0.2) is 0 Å². The lowest BCUT2D eigenvalue weighted by Gasteiger charge is -2.15. The third-order valence-electron chi connectivity index (χ3n) is 3.22. The van der Waals surface area contributed by atoms with Gasteiger partial charge < -0.3 is 0 Å². The summed E-state index contributed by atoms with van der Waals surface area (Å²) in [7, 11) is 0. The highest BCUT2D eigenvalue weighted by molar-refractivity contribution is 7.22. The van der Waals surface area contributed by atoms with Crippen molar-refractivity contribution in [2.24, 2.45) is 0 Å². The minimum absolute atomic E-state index is 0.101. The zero-order chi connectivity index (χ0) is 14.3. The molecule has 102 valence electrons. The van der Waals surface area contributed by atoms with E-state index in [1.807, 2.05) is 24.3 Å². The molecule has 0 atom stereocenters. The second kappa shape index (κ2) is 4.83. The maximum Gasteiger partial charge on any atom is 0.212 e. The van der Waals surface area contributed by atoms with Gasteiger partial charge in [0.25, 0.3) is 0 Å². The van der Waals surface area contributed by atoms with Crippen molar-refractivity contribution in [2.75, 3.05) is 0 Å². The molecule has 0 unspecified atom stereocenters. The van der Waals surface area contributed by atoms with Gasteiger partial charge in [0, 0.05) is 9.58 Å². The Kier molecular flexibility index (Phi) is 3.27. The first-order valence-electron chi connectivity index (χ1n) is 6.59. The first kappa shape index (κ1) is 13.5. The Balaban J connectivity index is 1.98. The molecule has 0 saturated heterocycles. The van der Waals surface area contributed by atoms with Crippen LogP contribution in [0, 0.1) is 0 Å². The third-order valence-corrected chi connectivity index (χ3v) is 5.84. The molecule has 20 heavy (non-hydrogen) atoms. The van der Waals surface area contributed by atoms with E-state index >= 15 is 0 Å². The fraction of sp³-hybridized carbons (Fsp3) is 0.235. The number of fused-ring (bicyclic) bond motifs is 1. The highest BCUT2D eigenvalue weighted by Crippen LogP contribution is 2.33. The molecule has 0 spiro atoms. The zero-order valence-corrected chi connectivity index (χ0v) is 13.4. The lowest BCUT2D eigenvalue weighted by molar-refractivity contribution is 0.104. The van der Waals surface area contributed by atoms with E-state index < -0.39 is 0 Å². The Bertz CT molecular complexity index is 738. The topological polar surface area (TPSA) is 17.1 Å². The normalized spacial score (nSPS) is 11.9. The summed E-state index contributed by atoms with van der Waals surface area (Å²) in [6, 6.07) is 14.2. The van der Waals surface area contributed by atoms with Crippen LogP contribution >= 0.6 is 22.7 Å². The van der Waals surface area contributed by atoms with E-state index in [9.17, 15) is 4.79 Å². The van der Waals surface area contributed by atoms with Crippen molar-refractivity contribution in [3.63, 3.8) is 0 Å². The molecule has 3 aromatic rings. The van der Waals surface area contributed by atoms with Crippen molar-refractivity contribution >= 4 is 38.5 Å². The van der Waals surface area contributed by atoms with Gasteiger partial charge in [-0.2, -0.15) is 0 Å². The van der Waals surface area contributed by atoms with Crippen LogP contribution in [0.25, 0.3) is 10.1 Å². The molecule has 0 radical (unpaired) electrons. The lowest BCUT2D eigenvalue weighted by Crippen LogP contribution is -2.07. The maximum atomic E-state index is 12.6. The van der Waals surface area contributed by atoms with Crippen LogP contribution in [0.1, 0.15) is 40.2 Å². The number of benzene rings is 1. The molecule has 0 amide bonds. The quantitative estimate of drug-likeness (QED) is 0.572. The number of carbonyl (C=O) groups excluding carboxylic acids is 1. The van der Waals surface area contributed by atoms with Gasteiger partial charge >= 0.3 is 0 Å². The van der Waals surface area contributed by atoms with E-state index in [0.29, 0.717) is 0 Å². The first-order chi connectivity index (χ1) is 9.45. The maximum absolute atomic E-state index is 12.6. The van der Waals surface area contributed by atoms with Gasteiger partial charge in [-0.15, -0.1) is 22.7 Å². The molecular weight excluding hydrogens is 284 g/mol. The van der Waals surface area contributed by atoms with Gasteiger partial charge in [-0.1, -0.05) is 39.0 Å². The second-order valence-electron chi connectivity index (χ2n) is 5.89. The minimum atomic E-state index is 0.101. The van der Waals surface area contributed by atoms with Crippen molar-refractivity contribution in [2.45, 2.75) is 26.2 Å². The van der Waals surface area contributed by atoms with Gasteiger partial charge in [-0.3, -0.25) is 4.79 Å². The van der Waals surface area contributed by atoms with Crippen LogP contribution in [0.5, 0.6) is 0 Å². The SMILES string of the molecule is CC(C)(C)c1ccc(C(=O)c2cc3ccccc3s2)s1. The van der Waals surface area contributed by atoms with E-state index in [0.717, 1.165) is 15.1 Å². The average Bonchev–Trinajstić information content (AvgIpc) is 3.04. The molecule has 0 aliphatic heterocycles. The fourth-order valence-electron chi connectivity index (χ4n) is 2.08. The molecule has 0 aliphatic rings. The smallest absolute Gasteiger partial charge is 0.212 e. The standard InChI is InChI=1S/C17H16OS2/c1-17(2,3)15-9-8-13(20-15)16(18)14-10-11-6-4-5-7-12(11)19-14/h4-10H,1-3H3. The molecule has 0 fully saturated rings. The van der Waals surface area contributed by atoms with Crippen molar-refractivity contribution < 1.29 is 4.79 Å². The van der Waals surface area contributed by atoms with Gasteiger partial charge in [-0.05, 0) is 35.1 Å². The van der Waals surface area contributed by atoms with E-state index in [2.05, 4.69) is 39.0 Å². The molecular formula is C17H16OS2. The van der Waals surface area contributed by atoms with Gasteiger partial charge in [0.2, 0.25) is 5.78 Å². The van der Waals surface area contributed by atoms with Crippen LogP contribution in [-0.2, 0) is 5.41 Å². The summed E-state index contributed by atoms with van der Waals surface area (Å²) >= 11 is 3.18. The highest BCUT2D eigenvalue weighted by Gasteiger charge is 2.20. The number of ketones is 1. The number of hydrogen-bond acceptors (Lipinski definition) is 3. The van der Waals surface area contributed by atoms with E-state index in [1.165, 1.54) is 9.58 Å². The summed E-state index contributed by atoms with van der Waals surface area (Å²) in [5.41, 5.74) is 0.101.